The number of Topliss-reactive ketones (excluding diaryl/α,β-unsaturated/α-hetero) is 1. The van der Waals surface area contributed by atoms with E-state index in [-0.39, 0.29) is 17.4 Å². The van der Waals surface area contributed by atoms with Crippen molar-refractivity contribution >= 4 is 5.78 Å². The molecule has 1 heterocycles. The van der Waals surface area contributed by atoms with Gasteiger partial charge in [-0.25, -0.2) is 0 Å². The molecule has 3 unspecified atom stereocenters. The van der Waals surface area contributed by atoms with Gasteiger partial charge >= 0.3 is 0 Å². The van der Waals surface area contributed by atoms with Crippen LogP contribution >= 0.6 is 0 Å². The van der Waals surface area contributed by atoms with Gasteiger partial charge in [0.25, 0.3) is 0 Å². The molecule has 2 aliphatic rings. The fourth-order valence-corrected chi connectivity index (χ4v) is 5.07. The van der Waals surface area contributed by atoms with Gasteiger partial charge in [0.15, 0.2) is 0 Å². The summed E-state index contributed by atoms with van der Waals surface area (Å²) in [5, 5.41) is 10.9. The number of hydrogen-bond donors (Lipinski definition) is 1. The second-order valence-corrected chi connectivity index (χ2v) is 8.75. The van der Waals surface area contributed by atoms with E-state index in [0.29, 0.717) is 30.3 Å². The van der Waals surface area contributed by atoms with Crippen LogP contribution in [-0.4, -0.2) is 16.5 Å². The summed E-state index contributed by atoms with van der Waals surface area (Å²) >= 11 is 0. The molecule has 26 heavy (non-hydrogen) atoms. The maximum Gasteiger partial charge on any atom is 0.133 e. The third kappa shape index (κ3) is 3.63. The second kappa shape index (κ2) is 7.62. The first-order chi connectivity index (χ1) is 12.4. The van der Waals surface area contributed by atoms with Gasteiger partial charge in [0.2, 0.25) is 0 Å². The van der Waals surface area contributed by atoms with Gasteiger partial charge in [-0.1, -0.05) is 33.1 Å². The first kappa shape index (κ1) is 19.3. The average Bonchev–Trinajstić information content (AvgIpc) is 2.57. The highest BCUT2D eigenvalue weighted by atomic mass is 16.5. The third-order valence-electron chi connectivity index (χ3n) is 6.57. The van der Waals surface area contributed by atoms with E-state index in [4.69, 9.17) is 4.74 Å². The predicted molar refractivity (Wildman–Crippen MR) is 105 cm³/mol. The van der Waals surface area contributed by atoms with E-state index < -0.39 is 0 Å². The first-order valence-corrected chi connectivity index (χ1v) is 10.4. The van der Waals surface area contributed by atoms with E-state index in [1.807, 2.05) is 6.07 Å². The fourth-order valence-electron chi connectivity index (χ4n) is 5.07. The maximum absolute atomic E-state index is 12.1. The number of hydrogen-bond acceptors (Lipinski definition) is 3. The summed E-state index contributed by atoms with van der Waals surface area (Å²) in [6.45, 7) is 8.70. The third-order valence-corrected chi connectivity index (χ3v) is 6.57. The summed E-state index contributed by atoms with van der Waals surface area (Å²) in [5.74, 6) is 2.27. The summed E-state index contributed by atoms with van der Waals surface area (Å²) in [4.78, 5) is 12.1. The van der Waals surface area contributed by atoms with Gasteiger partial charge in [-0.3, -0.25) is 4.79 Å². The van der Waals surface area contributed by atoms with Gasteiger partial charge in [0, 0.05) is 30.2 Å². The number of ether oxygens (including phenoxy) is 1. The van der Waals surface area contributed by atoms with Crippen molar-refractivity contribution in [1.29, 1.82) is 0 Å². The Morgan fingerprint density at radius 1 is 1.27 bits per heavy atom. The van der Waals surface area contributed by atoms with Crippen molar-refractivity contribution in [1.82, 2.24) is 0 Å². The lowest BCUT2D eigenvalue weighted by Crippen LogP contribution is -2.47. The Morgan fingerprint density at radius 2 is 2.04 bits per heavy atom. The zero-order chi connectivity index (χ0) is 18.9. The predicted octanol–water partition coefficient (Wildman–Crippen LogP) is 6.09. The molecule has 1 aromatic rings. The fraction of sp³-hybridized carbons (Fsp3) is 0.696. The van der Waals surface area contributed by atoms with E-state index in [0.717, 1.165) is 30.6 Å². The number of benzene rings is 1. The number of phenols is 1. The zero-order valence-electron chi connectivity index (χ0n) is 16.8. The van der Waals surface area contributed by atoms with Crippen LogP contribution in [0.5, 0.6) is 11.5 Å². The van der Waals surface area contributed by atoms with Crippen LogP contribution in [0.15, 0.2) is 12.1 Å². The van der Waals surface area contributed by atoms with Crippen LogP contribution in [0.4, 0.5) is 0 Å². The summed E-state index contributed by atoms with van der Waals surface area (Å²) in [6.07, 6.45) is 7.93. The van der Waals surface area contributed by atoms with Gasteiger partial charge < -0.3 is 9.84 Å². The van der Waals surface area contributed by atoms with Crippen LogP contribution < -0.4 is 4.74 Å². The summed E-state index contributed by atoms with van der Waals surface area (Å²) in [5.41, 5.74) is 1.75. The number of unbranched alkanes of at least 4 members (excludes halogenated alkanes) is 2. The molecule has 1 aliphatic heterocycles. The van der Waals surface area contributed by atoms with E-state index >= 15 is 0 Å². The Balaban J connectivity index is 1.95. The average molecular weight is 359 g/mol. The molecule has 0 radical (unpaired) electrons. The van der Waals surface area contributed by atoms with Crippen LogP contribution in [0.3, 0.4) is 0 Å². The van der Waals surface area contributed by atoms with Gasteiger partial charge in [-0.05, 0) is 56.7 Å². The quantitative estimate of drug-likeness (QED) is 0.626. The molecule has 3 nitrogen and oxygen atoms in total. The molecule has 3 atom stereocenters. The number of phenolic OH excluding ortho intramolecular Hbond substituents is 1. The maximum atomic E-state index is 12.1. The number of carbonyl (C=O) groups excluding carboxylic acids is 1. The lowest BCUT2D eigenvalue weighted by molar-refractivity contribution is -0.124. The standard InChI is InChI=1S/C23H34O3/c1-5-7-8-9-15(6-2)16-12-20(25)22-18-14-17(24)10-11-19(18)23(3,4)26-21(22)13-16/h12-13,15,18-19,25H,5-11,14H2,1-4H3. The Bertz CT molecular complexity index is 662. The van der Waals surface area contributed by atoms with Crippen LogP contribution in [0.1, 0.15) is 102 Å². The molecule has 1 aromatic carbocycles. The molecule has 1 N–H and O–H groups in total. The van der Waals surface area contributed by atoms with E-state index in [1.165, 1.54) is 24.8 Å². The monoisotopic (exact) mass is 358 g/mol. The lowest BCUT2D eigenvalue weighted by Gasteiger charge is -2.47. The molecule has 0 spiro atoms. The Labute approximate surface area is 158 Å². The molecule has 3 heteroatoms. The molecule has 0 saturated heterocycles. The van der Waals surface area contributed by atoms with Gasteiger partial charge in [0.05, 0.1) is 0 Å². The number of aromatic hydroxyl groups is 1. The second-order valence-electron chi connectivity index (χ2n) is 8.75. The van der Waals surface area contributed by atoms with Crippen LogP contribution in [0.2, 0.25) is 0 Å². The molecule has 144 valence electrons. The minimum absolute atomic E-state index is 0.0872. The van der Waals surface area contributed by atoms with Crippen LogP contribution in [-0.2, 0) is 4.79 Å². The zero-order valence-corrected chi connectivity index (χ0v) is 16.8. The number of fused-ring (bicyclic) bond motifs is 3. The number of ketones is 1. The largest absolute Gasteiger partial charge is 0.508 e. The first-order valence-electron chi connectivity index (χ1n) is 10.4. The molecular formula is C23H34O3. The summed E-state index contributed by atoms with van der Waals surface area (Å²) < 4.78 is 6.39. The molecule has 3 rings (SSSR count). The molecule has 1 aliphatic carbocycles. The molecule has 1 fully saturated rings. The lowest BCUT2D eigenvalue weighted by atomic mass is 9.66. The topological polar surface area (TPSA) is 46.5 Å². The van der Waals surface area contributed by atoms with Crippen LogP contribution in [0, 0.1) is 5.92 Å². The molecule has 1 saturated carbocycles. The highest BCUT2D eigenvalue weighted by molar-refractivity contribution is 5.81. The Morgan fingerprint density at radius 3 is 2.73 bits per heavy atom. The van der Waals surface area contributed by atoms with Crippen molar-refractivity contribution in [3.05, 3.63) is 23.3 Å². The number of rotatable bonds is 6. The highest BCUT2D eigenvalue weighted by Gasteiger charge is 2.47. The minimum atomic E-state index is -0.298. The minimum Gasteiger partial charge on any atom is -0.508 e. The Kier molecular flexibility index (Phi) is 5.64. The molecule has 0 aromatic heterocycles. The van der Waals surface area contributed by atoms with Crippen molar-refractivity contribution in [2.45, 2.75) is 96.5 Å². The molecule has 0 bridgehead atoms. The van der Waals surface area contributed by atoms with E-state index in [9.17, 15) is 9.90 Å². The summed E-state index contributed by atoms with van der Waals surface area (Å²) in [6, 6.07) is 4.09. The van der Waals surface area contributed by atoms with Crippen molar-refractivity contribution < 1.29 is 14.6 Å². The van der Waals surface area contributed by atoms with Gasteiger partial charge in [0.1, 0.15) is 22.9 Å². The normalized spacial score (nSPS) is 25.2. The van der Waals surface area contributed by atoms with Gasteiger partial charge in [-0.2, -0.15) is 0 Å². The molecular weight excluding hydrogens is 324 g/mol. The van der Waals surface area contributed by atoms with Crippen molar-refractivity contribution in [2.75, 3.05) is 0 Å². The van der Waals surface area contributed by atoms with E-state index in [1.54, 1.807) is 0 Å². The van der Waals surface area contributed by atoms with Crippen LogP contribution in [0.25, 0.3) is 0 Å². The van der Waals surface area contributed by atoms with Crippen molar-refractivity contribution in [3.63, 3.8) is 0 Å². The Hall–Kier alpha value is -1.51. The van der Waals surface area contributed by atoms with Gasteiger partial charge in [-0.15, -0.1) is 0 Å². The van der Waals surface area contributed by atoms with E-state index in [2.05, 4.69) is 33.8 Å². The van der Waals surface area contributed by atoms with Crippen molar-refractivity contribution in [3.8, 4) is 11.5 Å². The SMILES string of the molecule is CCCCCC(CC)c1cc(O)c2c(c1)OC(C)(C)C1CCC(=O)CC21. The summed E-state index contributed by atoms with van der Waals surface area (Å²) in [7, 11) is 0. The highest BCUT2D eigenvalue weighted by Crippen LogP contribution is 2.54. The molecule has 0 amide bonds. The smallest absolute Gasteiger partial charge is 0.133 e. The van der Waals surface area contributed by atoms with Crippen molar-refractivity contribution in [2.24, 2.45) is 5.92 Å². The number of carbonyl (C=O) groups is 1.